The zero-order chi connectivity index (χ0) is 13.7. The second kappa shape index (κ2) is 6.19. The Morgan fingerprint density at radius 2 is 1.74 bits per heavy atom. The van der Waals surface area contributed by atoms with E-state index < -0.39 is 0 Å². The SMILES string of the molecule is CC(=O)c1ccc(CCOc2ccccc2C)cc1. The first-order valence-corrected chi connectivity index (χ1v) is 6.45. The summed E-state index contributed by atoms with van der Waals surface area (Å²) in [6.07, 6.45) is 0.840. The molecular weight excluding hydrogens is 236 g/mol. The lowest BCUT2D eigenvalue weighted by Crippen LogP contribution is -2.02. The number of Topliss-reactive ketones (excluding diaryl/α,β-unsaturated/α-hetero) is 1. The van der Waals surface area contributed by atoms with Crippen molar-refractivity contribution in [2.24, 2.45) is 0 Å². The van der Waals surface area contributed by atoms with Gasteiger partial charge < -0.3 is 4.74 Å². The van der Waals surface area contributed by atoms with Crippen LogP contribution in [0.15, 0.2) is 48.5 Å². The Kier molecular flexibility index (Phi) is 4.35. The van der Waals surface area contributed by atoms with Gasteiger partial charge >= 0.3 is 0 Å². The lowest BCUT2D eigenvalue weighted by atomic mass is 10.1. The van der Waals surface area contributed by atoms with Gasteiger partial charge in [-0.2, -0.15) is 0 Å². The van der Waals surface area contributed by atoms with Gasteiger partial charge in [0.15, 0.2) is 5.78 Å². The molecule has 0 radical (unpaired) electrons. The minimum atomic E-state index is 0.0997. The van der Waals surface area contributed by atoms with Crippen molar-refractivity contribution in [3.05, 3.63) is 65.2 Å². The molecule has 0 fully saturated rings. The van der Waals surface area contributed by atoms with Crippen molar-refractivity contribution in [1.82, 2.24) is 0 Å². The summed E-state index contributed by atoms with van der Waals surface area (Å²) in [6, 6.07) is 15.7. The van der Waals surface area contributed by atoms with E-state index in [1.54, 1.807) is 6.92 Å². The van der Waals surface area contributed by atoms with E-state index in [2.05, 4.69) is 0 Å². The summed E-state index contributed by atoms with van der Waals surface area (Å²) in [5.74, 6) is 1.03. The maximum Gasteiger partial charge on any atom is 0.159 e. The van der Waals surface area contributed by atoms with Crippen LogP contribution in [0.25, 0.3) is 0 Å². The molecule has 0 amide bonds. The molecule has 2 rings (SSSR count). The molecule has 0 saturated carbocycles. The zero-order valence-electron chi connectivity index (χ0n) is 11.3. The molecule has 19 heavy (non-hydrogen) atoms. The average molecular weight is 254 g/mol. The predicted molar refractivity (Wildman–Crippen MR) is 76.8 cm³/mol. The molecule has 0 N–H and O–H groups in total. The molecule has 0 spiro atoms. The summed E-state index contributed by atoms with van der Waals surface area (Å²) in [5.41, 5.74) is 3.08. The highest BCUT2D eigenvalue weighted by Crippen LogP contribution is 2.16. The third-order valence-corrected chi connectivity index (χ3v) is 3.10. The van der Waals surface area contributed by atoms with Gasteiger partial charge in [0.2, 0.25) is 0 Å². The number of carbonyl (C=O) groups is 1. The summed E-state index contributed by atoms with van der Waals surface area (Å²) in [5, 5.41) is 0. The topological polar surface area (TPSA) is 26.3 Å². The summed E-state index contributed by atoms with van der Waals surface area (Å²) in [7, 11) is 0. The molecule has 0 aliphatic heterocycles. The number of hydrogen-bond acceptors (Lipinski definition) is 2. The average Bonchev–Trinajstić information content (AvgIpc) is 2.41. The number of rotatable bonds is 5. The van der Waals surface area contributed by atoms with Crippen LogP contribution in [0.3, 0.4) is 0 Å². The Labute approximate surface area is 114 Å². The van der Waals surface area contributed by atoms with Crippen LogP contribution < -0.4 is 4.74 Å². The predicted octanol–water partition coefficient (Wildman–Crippen LogP) is 3.82. The highest BCUT2D eigenvalue weighted by molar-refractivity contribution is 5.93. The second-order valence-corrected chi connectivity index (χ2v) is 4.62. The van der Waals surface area contributed by atoms with Crippen LogP contribution in [-0.4, -0.2) is 12.4 Å². The lowest BCUT2D eigenvalue weighted by Gasteiger charge is -2.08. The first-order valence-electron chi connectivity index (χ1n) is 6.45. The van der Waals surface area contributed by atoms with Crippen LogP contribution in [0.2, 0.25) is 0 Å². The second-order valence-electron chi connectivity index (χ2n) is 4.62. The number of hydrogen-bond donors (Lipinski definition) is 0. The van der Waals surface area contributed by atoms with E-state index in [0.29, 0.717) is 6.61 Å². The number of ether oxygens (including phenoxy) is 1. The molecule has 0 aromatic heterocycles. The summed E-state index contributed by atoms with van der Waals surface area (Å²) in [4.78, 5) is 11.2. The third-order valence-electron chi connectivity index (χ3n) is 3.10. The van der Waals surface area contributed by atoms with Crippen molar-refractivity contribution in [1.29, 1.82) is 0 Å². The van der Waals surface area contributed by atoms with Gasteiger partial charge in [0.05, 0.1) is 6.61 Å². The van der Waals surface area contributed by atoms with Crippen LogP contribution in [0.5, 0.6) is 5.75 Å². The molecule has 2 heteroatoms. The third kappa shape index (κ3) is 3.68. The molecule has 98 valence electrons. The summed E-state index contributed by atoms with van der Waals surface area (Å²) < 4.78 is 5.75. The van der Waals surface area contributed by atoms with Gasteiger partial charge in [0, 0.05) is 12.0 Å². The maximum absolute atomic E-state index is 11.2. The Morgan fingerprint density at radius 1 is 1.05 bits per heavy atom. The van der Waals surface area contributed by atoms with E-state index in [1.165, 1.54) is 5.56 Å². The van der Waals surface area contributed by atoms with Gasteiger partial charge in [-0.25, -0.2) is 0 Å². The molecule has 2 nitrogen and oxygen atoms in total. The van der Waals surface area contributed by atoms with Crippen molar-refractivity contribution in [2.75, 3.05) is 6.61 Å². The molecule has 0 bridgehead atoms. The van der Waals surface area contributed by atoms with E-state index in [9.17, 15) is 4.79 Å². The number of para-hydroxylation sites is 1. The van der Waals surface area contributed by atoms with Crippen LogP contribution in [0.4, 0.5) is 0 Å². The molecule has 0 saturated heterocycles. The highest BCUT2D eigenvalue weighted by Gasteiger charge is 2.01. The normalized spacial score (nSPS) is 10.2. The first-order chi connectivity index (χ1) is 9.16. The minimum Gasteiger partial charge on any atom is -0.493 e. The highest BCUT2D eigenvalue weighted by atomic mass is 16.5. The summed E-state index contributed by atoms with van der Waals surface area (Å²) >= 11 is 0. The van der Waals surface area contributed by atoms with Crippen molar-refractivity contribution in [3.63, 3.8) is 0 Å². The van der Waals surface area contributed by atoms with E-state index in [0.717, 1.165) is 23.3 Å². The standard InChI is InChI=1S/C17H18O2/c1-13-5-3-4-6-17(13)19-12-11-15-7-9-16(10-8-15)14(2)18/h3-10H,11-12H2,1-2H3. The van der Waals surface area contributed by atoms with Crippen molar-refractivity contribution in [3.8, 4) is 5.75 Å². The van der Waals surface area contributed by atoms with Gasteiger partial charge in [0.1, 0.15) is 5.75 Å². The van der Waals surface area contributed by atoms with E-state index in [-0.39, 0.29) is 5.78 Å². The van der Waals surface area contributed by atoms with Crippen LogP contribution in [0.1, 0.15) is 28.4 Å². The van der Waals surface area contributed by atoms with Crippen LogP contribution >= 0.6 is 0 Å². The number of ketones is 1. The maximum atomic E-state index is 11.2. The smallest absolute Gasteiger partial charge is 0.159 e. The quantitative estimate of drug-likeness (QED) is 0.758. The Hall–Kier alpha value is -2.09. The molecule has 0 aliphatic carbocycles. The van der Waals surface area contributed by atoms with Crippen LogP contribution in [-0.2, 0) is 6.42 Å². The van der Waals surface area contributed by atoms with Gasteiger partial charge in [-0.3, -0.25) is 4.79 Å². The van der Waals surface area contributed by atoms with E-state index in [1.807, 2.05) is 55.5 Å². The fraction of sp³-hybridized carbons (Fsp3) is 0.235. The Bertz CT molecular complexity index is 556. The molecule has 0 heterocycles. The molecule has 0 unspecified atom stereocenters. The number of carbonyl (C=O) groups excluding carboxylic acids is 1. The zero-order valence-corrected chi connectivity index (χ0v) is 11.3. The largest absolute Gasteiger partial charge is 0.493 e. The fourth-order valence-corrected chi connectivity index (χ4v) is 1.90. The monoisotopic (exact) mass is 254 g/mol. The van der Waals surface area contributed by atoms with Crippen molar-refractivity contribution < 1.29 is 9.53 Å². The Balaban J connectivity index is 1.89. The minimum absolute atomic E-state index is 0.0997. The van der Waals surface area contributed by atoms with E-state index >= 15 is 0 Å². The fourth-order valence-electron chi connectivity index (χ4n) is 1.90. The lowest BCUT2D eigenvalue weighted by molar-refractivity contribution is 0.101. The Morgan fingerprint density at radius 3 is 2.37 bits per heavy atom. The van der Waals surface area contributed by atoms with Crippen molar-refractivity contribution >= 4 is 5.78 Å². The first kappa shape index (κ1) is 13.3. The number of benzene rings is 2. The van der Waals surface area contributed by atoms with Gasteiger partial charge in [-0.1, -0.05) is 42.5 Å². The molecule has 0 atom stereocenters. The molecule has 2 aromatic rings. The van der Waals surface area contributed by atoms with Crippen LogP contribution in [0, 0.1) is 6.92 Å². The molecule has 2 aromatic carbocycles. The summed E-state index contributed by atoms with van der Waals surface area (Å²) in [6.45, 7) is 4.26. The number of aryl methyl sites for hydroxylation is 1. The van der Waals surface area contributed by atoms with Gasteiger partial charge in [-0.05, 0) is 31.0 Å². The van der Waals surface area contributed by atoms with Gasteiger partial charge in [0.25, 0.3) is 0 Å². The van der Waals surface area contributed by atoms with Gasteiger partial charge in [-0.15, -0.1) is 0 Å². The molecular formula is C17H18O2. The van der Waals surface area contributed by atoms with E-state index in [4.69, 9.17) is 4.74 Å². The molecule has 0 aliphatic rings. The van der Waals surface area contributed by atoms with Crippen molar-refractivity contribution in [2.45, 2.75) is 20.3 Å².